The van der Waals surface area contributed by atoms with Crippen molar-refractivity contribution in [3.8, 4) is 0 Å². The topological polar surface area (TPSA) is 93.2 Å². The first-order valence-corrected chi connectivity index (χ1v) is 11.3. The fourth-order valence-electron chi connectivity index (χ4n) is 6.81. The van der Waals surface area contributed by atoms with E-state index in [0.29, 0.717) is 13.2 Å². The number of ether oxygens (including phenoxy) is 2. The molecule has 4 aliphatic carbocycles. The fourth-order valence-corrected chi connectivity index (χ4v) is 6.81. The largest absolute Gasteiger partial charge is 0.376 e. The van der Waals surface area contributed by atoms with Crippen molar-refractivity contribution in [1.29, 1.82) is 0 Å². The number of rotatable bonds is 10. The average molecular weight is 440 g/mol. The summed E-state index contributed by atoms with van der Waals surface area (Å²) < 4.78 is 10.7. The summed E-state index contributed by atoms with van der Waals surface area (Å²) in [6, 6.07) is 0. The predicted molar refractivity (Wildman–Crippen MR) is 113 cm³/mol. The van der Waals surface area contributed by atoms with Gasteiger partial charge in [0.15, 0.2) is 0 Å². The zero-order chi connectivity index (χ0) is 22.6. The number of nitrogens with zero attached hydrogens (tertiary/aromatic N) is 2. The highest BCUT2D eigenvalue weighted by atomic mass is 16.5. The molecule has 0 aromatic carbocycles. The molecule has 8 nitrogen and oxygen atoms in total. The molecule has 4 amide bonds. The van der Waals surface area contributed by atoms with Crippen LogP contribution in [0, 0.1) is 47.3 Å². The Kier molecular flexibility index (Phi) is 5.37. The number of hydrogen-bond donors (Lipinski definition) is 0. The number of amides is 4. The summed E-state index contributed by atoms with van der Waals surface area (Å²) in [6.45, 7) is 8.89. The standard InChI is InChI=1S/C24H28N2O6/c1-3-9-31-11-7-25-21(27)17-13-5-6-14(18(17)22(25)28)16-15(13)19-20(16)24(30)26(23(19)29)8-12-32-10-4-2/h3-6,13-20H,1-2,7-12H2/t13-,14-,15-,16-,17-,18+,19-,20+/m0/s1. The first-order chi connectivity index (χ1) is 15.5. The molecule has 32 heavy (non-hydrogen) atoms. The number of imide groups is 2. The summed E-state index contributed by atoms with van der Waals surface area (Å²) >= 11 is 0. The summed E-state index contributed by atoms with van der Waals surface area (Å²) in [5.41, 5.74) is 0. The van der Waals surface area contributed by atoms with E-state index in [4.69, 9.17) is 9.47 Å². The van der Waals surface area contributed by atoms with Crippen molar-refractivity contribution < 1.29 is 28.7 Å². The number of likely N-dealkylation sites (tertiary alicyclic amines) is 2. The van der Waals surface area contributed by atoms with Crippen LogP contribution in [0.25, 0.3) is 0 Å². The minimum absolute atomic E-state index is 0.0551. The van der Waals surface area contributed by atoms with E-state index in [2.05, 4.69) is 13.2 Å². The SMILES string of the molecule is C=CCOCCN1C(=O)[C@@H]2[C@H]3C=C[C@H]([C@@H]2C1=O)[C@@H]1[C@@H]2C(=O)N(CCOCC=C)C(=O)[C@@H]2[C@@H]31. The summed E-state index contributed by atoms with van der Waals surface area (Å²) in [5.74, 6) is -2.79. The van der Waals surface area contributed by atoms with Crippen molar-refractivity contribution in [3.63, 3.8) is 0 Å². The maximum Gasteiger partial charge on any atom is 0.233 e. The van der Waals surface area contributed by atoms with Gasteiger partial charge in [0, 0.05) is 0 Å². The first kappa shape index (κ1) is 21.3. The van der Waals surface area contributed by atoms with Crippen LogP contribution < -0.4 is 0 Å². The third-order valence-corrected chi connectivity index (χ3v) is 7.92. The second kappa shape index (κ2) is 8.08. The van der Waals surface area contributed by atoms with Gasteiger partial charge in [-0.3, -0.25) is 29.0 Å². The lowest BCUT2D eigenvalue weighted by Crippen LogP contribution is -2.63. The molecule has 0 aromatic rings. The number of fused-ring (bicyclic) bond motifs is 1. The lowest BCUT2D eigenvalue weighted by Gasteiger charge is -2.60. The molecule has 170 valence electrons. The number of allylic oxidation sites excluding steroid dienone is 2. The number of hydrogen-bond acceptors (Lipinski definition) is 6. The molecule has 6 rings (SSSR count). The maximum absolute atomic E-state index is 13.2. The monoisotopic (exact) mass is 440 g/mol. The lowest BCUT2D eigenvalue weighted by molar-refractivity contribution is -0.166. The van der Waals surface area contributed by atoms with Gasteiger partial charge >= 0.3 is 0 Å². The van der Waals surface area contributed by atoms with Gasteiger partial charge in [0.05, 0.1) is 63.2 Å². The van der Waals surface area contributed by atoms with Crippen LogP contribution in [0.3, 0.4) is 0 Å². The molecule has 2 saturated heterocycles. The minimum Gasteiger partial charge on any atom is -0.376 e. The summed E-state index contributed by atoms with van der Waals surface area (Å²) in [5, 5.41) is 0. The molecule has 0 aromatic heterocycles. The van der Waals surface area contributed by atoms with Gasteiger partial charge in [0.25, 0.3) is 0 Å². The third-order valence-electron chi connectivity index (χ3n) is 7.92. The zero-order valence-electron chi connectivity index (χ0n) is 17.9. The molecule has 4 fully saturated rings. The van der Waals surface area contributed by atoms with Crippen molar-refractivity contribution in [2.45, 2.75) is 0 Å². The van der Waals surface area contributed by atoms with E-state index in [1.807, 2.05) is 12.2 Å². The van der Waals surface area contributed by atoms with E-state index < -0.39 is 23.7 Å². The molecule has 0 N–H and O–H groups in total. The second-order valence-electron chi connectivity index (χ2n) is 9.18. The van der Waals surface area contributed by atoms with Gasteiger partial charge in [-0.2, -0.15) is 0 Å². The Labute approximate surface area is 186 Å². The molecule has 0 unspecified atom stereocenters. The van der Waals surface area contributed by atoms with E-state index >= 15 is 0 Å². The molecule has 0 spiro atoms. The molecule has 2 saturated carbocycles. The molecule has 8 atom stereocenters. The fraction of sp³-hybridized carbons (Fsp3) is 0.583. The van der Waals surface area contributed by atoms with E-state index in [1.54, 1.807) is 12.2 Å². The molecule has 0 radical (unpaired) electrons. The molecular weight excluding hydrogens is 412 g/mol. The van der Waals surface area contributed by atoms with Gasteiger partial charge in [-0.1, -0.05) is 24.3 Å². The Bertz CT molecular complexity index is 856. The van der Waals surface area contributed by atoms with Crippen LogP contribution in [0.15, 0.2) is 37.5 Å². The molecule has 2 bridgehead atoms. The van der Waals surface area contributed by atoms with Crippen LogP contribution in [-0.4, -0.2) is 72.9 Å². The van der Waals surface area contributed by atoms with Crippen molar-refractivity contribution in [1.82, 2.24) is 9.80 Å². The van der Waals surface area contributed by atoms with Crippen LogP contribution in [0.2, 0.25) is 0 Å². The highest BCUT2D eigenvalue weighted by Gasteiger charge is 2.74. The van der Waals surface area contributed by atoms with E-state index in [9.17, 15) is 19.2 Å². The predicted octanol–water partition coefficient (Wildman–Crippen LogP) is 0.656. The Morgan fingerprint density at radius 1 is 0.688 bits per heavy atom. The number of carbonyl (C=O) groups is 4. The minimum atomic E-state index is -0.438. The van der Waals surface area contributed by atoms with Crippen LogP contribution in [0.1, 0.15) is 0 Å². The molecule has 6 aliphatic rings. The normalized spacial score (nSPS) is 38.6. The van der Waals surface area contributed by atoms with Crippen LogP contribution in [0.4, 0.5) is 0 Å². The summed E-state index contributed by atoms with van der Waals surface area (Å²) in [4.78, 5) is 55.2. The quantitative estimate of drug-likeness (QED) is 0.281. The third kappa shape index (κ3) is 2.82. The van der Waals surface area contributed by atoms with E-state index in [1.165, 1.54) is 9.80 Å². The van der Waals surface area contributed by atoms with Gasteiger partial charge in [0.2, 0.25) is 23.6 Å². The van der Waals surface area contributed by atoms with E-state index in [0.717, 1.165) is 0 Å². The molecule has 2 aliphatic heterocycles. The van der Waals surface area contributed by atoms with Gasteiger partial charge < -0.3 is 9.47 Å². The Hall–Kier alpha value is -2.58. The Morgan fingerprint density at radius 3 is 1.44 bits per heavy atom. The summed E-state index contributed by atoms with van der Waals surface area (Å²) in [7, 11) is 0. The highest BCUT2D eigenvalue weighted by Crippen LogP contribution is 2.68. The van der Waals surface area contributed by atoms with Crippen LogP contribution in [-0.2, 0) is 28.7 Å². The van der Waals surface area contributed by atoms with Crippen molar-refractivity contribution in [2.75, 3.05) is 39.5 Å². The first-order valence-electron chi connectivity index (χ1n) is 11.3. The zero-order valence-corrected chi connectivity index (χ0v) is 17.9. The summed E-state index contributed by atoms with van der Waals surface area (Å²) in [6.07, 6.45) is 7.27. The Balaban J connectivity index is 1.33. The Morgan fingerprint density at radius 2 is 1.06 bits per heavy atom. The smallest absolute Gasteiger partial charge is 0.233 e. The van der Waals surface area contributed by atoms with Gasteiger partial charge in [0.1, 0.15) is 0 Å². The molecule has 2 heterocycles. The van der Waals surface area contributed by atoms with Crippen molar-refractivity contribution >= 4 is 23.6 Å². The average Bonchev–Trinajstić information content (AvgIpc) is 3.14. The van der Waals surface area contributed by atoms with Gasteiger partial charge in [-0.25, -0.2) is 0 Å². The van der Waals surface area contributed by atoms with Crippen molar-refractivity contribution in [3.05, 3.63) is 37.5 Å². The lowest BCUT2D eigenvalue weighted by atomic mass is 9.40. The van der Waals surface area contributed by atoms with Crippen LogP contribution in [0.5, 0.6) is 0 Å². The second-order valence-corrected chi connectivity index (χ2v) is 9.18. The van der Waals surface area contributed by atoms with Crippen molar-refractivity contribution in [2.24, 2.45) is 47.3 Å². The van der Waals surface area contributed by atoms with Gasteiger partial charge in [-0.05, 0) is 23.7 Å². The number of carbonyl (C=O) groups excluding carboxylic acids is 4. The molecular formula is C24H28N2O6. The molecule has 8 heteroatoms. The van der Waals surface area contributed by atoms with Gasteiger partial charge in [-0.15, -0.1) is 13.2 Å². The highest BCUT2D eigenvalue weighted by molar-refractivity contribution is 6.09. The maximum atomic E-state index is 13.2. The van der Waals surface area contributed by atoms with E-state index in [-0.39, 0.29) is 73.6 Å². The van der Waals surface area contributed by atoms with Crippen LogP contribution >= 0.6 is 0 Å².